The zero-order valence-corrected chi connectivity index (χ0v) is 10.3. The van der Waals surface area contributed by atoms with Gasteiger partial charge in [0, 0.05) is 18.5 Å². The van der Waals surface area contributed by atoms with E-state index in [9.17, 15) is 9.90 Å². The lowest BCUT2D eigenvalue weighted by Gasteiger charge is -2.37. The summed E-state index contributed by atoms with van der Waals surface area (Å²) in [5.41, 5.74) is -0.445. The van der Waals surface area contributed by atoms with Gasteiger partial charge in [-0.05, 0) is 40.0 Å². The van der Waals surface area contributed by atoms with Crippen LogP contribution in [0.15, 0.2) is 0 Å². The second-order valence-electron chi connectivity index (χ2n) is 6.07. The summed E-state index contributed by atoms with van der Waals surface area (Å²) in [5, 5.41) is 9.85. The first kappa shape index (κ1) is 11.7. The lowest BCUT2D eigenvalue weighted by molar-refractivity contribution is -0.0156. The molecule has 1 heterocycles. The van der Waals surface area contributed by atoms with Gasteiger partial charge in [0.15, 0.2) is 0 Å². The van der Waals surface area contributed by atoms with Crippen molar-refractivity contribution in [2.75, 3.05) is 13.1 Å². The number of hydrogen-bond donors (Lipinski definition) is 1. The Morgan fingerprint density at radius 2 is 2.06 bits per heavy atom. The number of carbonyl (C=O) groups excluding carboxylic acids is 1. The third-order valence-electron chi connectivity index (χ3n) is 3.43. The van der Waals surface area contributed by atoms with E-state index in [1.807, 2.05) is 20.8 Å². The maximum atomic E-state index is 11.9. The summed E-state index contributed by atoms with van der Waals surface area (Å²) in [6.45, 7) is 6.88. The first-order valence-electron chi connectivity index (χ1n) is 5.98. The fourth-order valence-electron chi connectivity index (χ4n) is 2.28. The van der Waals surface area contributed by atoms with Crippen molar-refractivity contribution in [2.45, 2.75) is 51.7 Å². The highest BCUT2D eigenvalue weighted by atomic mass is 16.6. The third-order valence-corrected chi connectivity index (χ3v) is 3.43. The summed E-state index contributed by atoms with van der Waals surface area (Å²) < 4.78 is 5.34. The van der Waals surface area contributed by atoms with Crippen LogP contribution in [-0.4, -0.2) is 40.9 Å². The van der Waals surface area contributed by atoms with E-state index in [4.69, 9.17) is 4.74 Å². The number of aliphatic hydroxyl groups excluding tert-OH is 1. The number of ether oxygens (including phenoxy) is 1. The van der Waals surface area contributed by atoms with Crippen molar-refractivity contribution in [3.8, 4) is 0 Å². The van der Waals surface area contributed by atoms with Crippen LogP contribution in [0.2, 0.25) is 0 Å². The first-order chi connectivity index (χ1) is 7.32. The standard InChI is InChI=1S/C12H21NO3/c1-11(2,3)16-10(15)13-7-4-9(14)12(8-13)5-6-12/h9,14H,4-8H2,1-3H3. The molecule has 1 spiro atoms. The second-order valence-corrected chi connectivity index (χ2v) is 6.07. The lowest BCUT2D eigenvalue weighted by Crippen LogP contribution is -2.48. The quantitative estimate of drug-likeness (QED) is 0.686. The molecule has 0 aromatic rings. The number of rotatable bonds is 0. The predicted octanol–water partition coefficient (Wildman–Crippen LogP) is 1.77. The average Bonchev–Trinajstić information content (AvgIpc) is 2.88. The Kier molecular flexibility index (Phi) is 2.65. The molecule has 2 rings (SSSR count). The van der Waals surface area contributed by atoms with E-state index in [2.05, 4.69) is 0 Å². The fraction of sp³-hybridized carbons (Fsp3) is 0.917. The Hall–Kier alpha value is -0.770. The summed E-state index contributed by atoms with van der Waals surface area (Å²) in [7, 11) is 0. The molecule has 0 aromatic heterocycles. The van der Waals surface area contributed by atoms with Gasteiger partial charge in [0.05, 0.1) is 6.10 Å². The zero-order chi connectivity index (χ0) is 12.0. The maximum absolute atomic E-state index is 11.9. The summed E-state index contributed by atoms with van der Waals surface area (Å²) in [5.74, 6) is 0. The maximum Gasteiger partial charge on any atom is 0.410 e. The van der Waals surface area contributed by atoms with Crippen molar-refractivity contribution >= 4 is 6.09 Å². The van der Waals surface area contributed by atoms with E-state index in [0.29, 0.717) is 19.5 Å². The van der Waals surface area contributed by atoms with E-state index in [1.165, 1.54) is 0 Å². The van der Waals surface area contributed by atoms with Gasteiger partial charge in [-0.2, -0.15) is 0 Å². The number of amides is 1. The minimum atomic E-state index is -0.441. The Labute approximate surface area is 96.6 Å². The number of hydrogen-bond acceptors (Lipinski definition) is 3. The summed E-state index contributed by atoms with van der Waals surface area (Å²) in [6, 6.07) is 0. The van der Waals surface area contributed by atoms with Crippen LogP contribution >= 0.6 is 0 Å². The first-order valence-corrected chi connectivity index (χ1v) is 5.98. The number of carbonyl (C=O) groups is 1. The molecule has 1 amide bonds. The van der Waals surface area contributed by atoms with Crippen molar-refractivity contribution in [2.24, 2.45) is 5.41 Å². The van der Waals surface area contributed by atoms with Gasteiger partial charge in [0.2, 0.25) is 0 Å². The normalized spacial score (nSPS) is 28.0. The van der Waals surface area contributed by atoms with Gasteiger partial charge in [-0.25, -0.2) is 4.79 Å². The van der Waals surface area contributed by atoms with Crippen LogP contribution in [0.25, 0.3) is 0 Å². The number of likely N-dealkylation sites (tertiary alicyclic amines) is 1. The average molecular weight is 227 g/mol. The summed E-state index contributed by atoms with van der Waals surface area (Å²) in [6.07, 6.45) is 2.28. The Balaban J connectivity index is 1.94. The molecule has 16 heavy (non-hydrogen) atoms. The molecule has 4 heteroatoms. The van der Waals surface area contributed by atoms with E-state index in [1.54, 1.807) is 4.90 Å². The largest absolute Gasteiger partial charge is 0.444 e. The molecule has 2 fully saturated rings. The molecule has 0 bridgehead atoms. The molecule has 1 N–H and O–H groups in total. The molecule has 4 nitrogen and oxygen atoms in total. The monoisotopic (exact) mass is 227 g/mol. The van der Waals surface area contributed by atoms with Crippen molar-refractivity contribution in [3.63, 3.8) is 0 Å². The van der Waals surface area contributed by atoms with Crippen LogP contribution in [0.3, 0.4) is 0 Å². The van der Waals surface area contributed by atoms with Gasteiger partial charge >= 0.3 is 6.09 Å². The molecule has 1 unspecified atom stereocenters. The van der Waals surface area contributed by atoms with Crippen LogP contribution in [-0.2, 0) is 4.74 Å². The Morgan fingerprint density at radius 1 is 1.44 bits per heavy atom. The molecular formula is C12H21NO3. The van der Waals surface area contributed by atoms with Gasteiger partial charge in [-0.3, -0.25) is 0 Å². The smallest absolute Gasteiger partial charge is 0.410 e. The molecule has 1 aliphatic heterocycles. The molecule has 1 saturated carbocycles. The SMILES string of the molecule is CC(C)(C)OC(=O)N1CCC(O)C2(CC2)C1. The number of aliphatic hydroxyl groups is 1. The molecule has 0 radical (unpaired) electrons. The highest BCUT2D eigenvalue weighted by Gasteiger charge is 2.53. The Bertz CT molecular complexity index is 291. The minimum Gasteiger partial charge on any atom is -0.444 e. The van der Waals surface area contributed by atoms with Crippen molar-refractivity contribution in [3.05, 3.63) is 0 Å². The van der Waals surface area contributed by atoms with E-state index in [-0.39, 0.29) is 17.6 Å². The zero-order valence-electron chi connectivity index (χ0n) is 10.3. The molecule has 1 saturated heterocycles. The topological polar surface area (TPSA) is 49.8 Å². The molecule has 92 valence electrons. The van der Waals surface area contributed by atoms with E-state index < -0.39 is 5.60 Å². The number of nitrogens with zero attached hydrogens (tertiary/aromatic N) is 1. The van der Waals surface area contributed by atoms with Crippen LogP contribution in [0.4, 0.5) is 4.79 Å². The third kappa shape index (κ3) is 2.32. The fourth-order valence-corrected chi connectivity index (χ4v) is 2.28. The van der Waals surface area contributed by atoms with Crippen molar-refractivity contribution in [1.82, 2.24) is 4.90 Å². The van der Waals surface area contributed by atoms with E-state index >= 15 is 0 Å². The number of piperidine rings is 1. The highest BCUT2D eigenvalue weighted by Crippen LogP contribution is 2.52. The second kappa shape index (κ2) is 3.62. The Morgan fingerprint density at radius 3 is 2.56 bits per heavy atom. The van der Waals surface area contributed by atoms with Crippen molar-refractivity contribution < 1.29 is 14.6 Å². The van der Waals surface area contributed by atoms with Gasteiger partial charge in [-0.15, -0.1) is 0 Å². The van der Waals surface area contributed by atoms with Crippen LogP contribution < -0.4 is 0 Å². The van der Waals surface area contributed by atoms with Gasteiger partial charge < -0.3 is 14.7 Å². The van der Waals surface area contributed by atoms with Crippen LogP contribution in [0, 0.1) is 5.41 Å². The highest BCUT2D eigenvalue weighted by molar-refractivity contribution is 5.68. The van der Waals surface area contributed by atoms with Gasteiger partial charge in [0.25, 0.3) is 0 Å². The molecule has 1 aliphatic carbocycles. The molecular weight excluding hydrogens is 206 g/mol. The van der Waals surface area contributed by atoms with Gasteiger partial charge in [0.1, 0.15) is 5.60 Å². The van der Waals surface area contributed by atoms with Crippen molar-refractivity contribution in [1.29, 1.82) is 0 Å². The van der Waals surface area contributed by atoms with Gasteiger partial charge in [-0.1, -0.05) is 0 Å². The molecule has 0 aromatic carbocycles. The molecule has 2 aliphatic rings. The summed E-state index contributed by atoms with van der Waals surface area (Å²) in [4.78, 5) is 13.6. The van der Waals surface area contributed by atoms with Crippen LogP contribution in [0.5, 0.6) is 0 Å². The predicted molar refractivity (Wildman–Crippen MR) is 60.1 cm³/mol. The molecule has 1 atom stereocenters. The summed E-state index contributed by atoms with van der Waals surface area (Å²) >= 11 is 0. The minimum absolute atomic E-state index is 0.00481. The van der Waals surface area contributed by atoms with Crippen LogP contribution in [0.1, 0.15) is 40.0 Å². The lowest BCUT2D eigenvalue weighted by atomic mass is 9.92. The van der Waals surface area contributed by atoms with E-state index in [0.717, 1.165) is 12.8 Å².